The predicted octanol–water partition coefficient (Wildman–Crippen LogP) is 12.5. The van der Waals surface area contributed by atoms with E-state index in [1.165, 1.54) is 22.1 Å². The number of hydrogen-bond donors (Lipinski definition) is 0. The van der Waals surface area contributed by atoms with E-state index >= 15 is 0 Å². The summed E-state index contributed by atoms with van der Waals surface area (Å²) in [5.74, 6) is 1.65. The van der Waals surface area contributed by atoms with Gasteiger partial charge in [0.25, 0.3) is 0 Å². The van der Waals surface area contributed by atoms with Crippen molar-refractivity contribution in [2.45, 2.75) is 26.2 Å². The van der Waals surface area contributed by atoms with Crippen LogP contribution in [0.3, 0.4) is 0 Å². The van der Waals surface area contributed by atoms with Gasteiger partial charge in [-0.1, -0.05) is 159 Å². The largest absolute Gasteiger partial charge is 0.525 e. The normalized spacial score (nSPS) is 12.1. The summed E-state index contributed by atoms with van der Waals surface area (Å²) in [6.07, 6.45) is 3.99. The van der Waals surface area contributed by atoms with Crippen LogP contribution in [-0.2, 0) is 26.5 Å². The maximum absolute atomic E-state index is 5.80. The summed E-state index contributed by atoms with van der Waals surface area (Å²) >= 11 is 0. The fraction of sp³-hybridized carbons (Fsp3) is 0.0690. The molecule has 3 aromatic heterocycles. The molecule has 0 saturated heterocycles. The summed E-state index contributed by atoms with van der Waals surface area (Å²) in [6, 6.07) is 78.7. The summed E-state index contributed by atoms with van der Waals surface area (Å²) in [5, 5.41) is 2.31. The Bertz CT molecular complexity index is 3520. The number of aromatic nitrogens is 4. The number of nitrogens with zero attached hydrogens (tertiary/aromatic N) is 5. The zero-order valence-corrected chi connectivity index (χ0v) is 38.5. The van der Waals surface area contributed by atoms with Gasteiger partial charge in [-0.25, -0.2) is 4.98 Å². The zero-order chi connectivity index (χ0) is 42.9. The molecule has 5 nitrogen and oxygen atoms in total. The third-order valence-corrected chi connectivity index (χ3v) is 12.8. The van der Waals surface area contributed by atoms with E-state index in [-0.39, 0.29) is 26.5 Å². The number of pyridine rings is 1. The molecule has 0 bridgehead atoms. The molecule has 65 heavy (non-hydrogen) atoms. The van der Waals surface area contributed by atoms with Gasteiger partial charge >= 0.3 is 6.98 Å². The molecule has 11 aromatic rings. The summed E-state index contributed by atoms with van der Waals surface area (Å²) in [7, 11) is 0. The van der Waals surface area contributed by atoms with Gasteiger partial charge in [0, 0.05) is 37.7 Å². The molecule has 0 amide bonds. The van der Waals surface area contributed by atoms with E-state index in [0.717, 1.165) is 78.2 Å². The van der Waals surface area contributed by atoms with E-state index in [2.05, 4.69) is 240 Å². The summed E-state index contributed by atoms with van der Waals surface area (Å²) in [5.41, 5.74) is 15.0. The summed E-state index contributed by atoms with van der Waals surface area (Å²) in [6.45, 7) is 6.36. The number of para-hydroxylation sites is 5. The third kappa shape index (κ3) is 6.66. The van der Waals surface area contributed by atoms with E-state index in [4.69, 9.17) is 4.98 Å². The molecule has 0 aliphatic carbocycles. The second-order valence-corrected chi connectivity index (χ2v) is 17.6. The fourth-order valence-corrected chi connectivity index (χ4v) is 9.79. The van der Waals surface area contributed by atoms with Crippen LogP contribution in [0.25, 0.3) is 77.7 Å². The van der Waals surface area contributed by atoms with E-state index in [1.807, 2.05) is 18.2 Å². The molecule has 0 radical (unpaired) electrons. The van der Waals surface area contributed by atoms with Crippen molar-refractivity contribution in [2.75, 3.05) is 4.81 Å². The number of rotatable bonds is 5. The van der Waals surface area contributed by atoms with Crippen molar-refractivity contribution in [3.05, 3.63) is 224 Å². The Morgan fingerprint density at radius 1 is 0.554 bits per heavy atom. The van der Waals surface area contributed by atoms with Gasteiger partial charge in [-0.05, 0) is 80.1 Å². The SMILES string of the molecule is CC(C)(C)c1cc(N(B2c3ccccc3-c3ccccc3-c3ccccc3-c3cccc4c3[n+]2[c-]n4-c2[c-]cccc2)c2ccccc2)nc(-n2c3[c-]cccc3c3ccccc32)c1.[Pt]. The van der Waals surface area contributed by atoms with Crippen LogP contribution >= 0.6 is 0 Å². The number of imidazole rings is 1. The van der Waals surface area contributed by atoms with E-state index < -0.39 is 6.98 Å². The minimum Gasteiger partial charge on any atom is -0.354 e. The second kappa shape index (κ2) is 16.1. The maximum atomic E-state index is 5.80. The molecule has 0 spiro atoms. The van der Waals surface area contributed by atoms with E-state index in [1.54, 1.807) is 0 Å². The van der Waals surface area contributed by atoms with Crippen molar-refractivity contribution in [2.24, 2.45) is 0 Å². The van der Waals surface area contributed by atoms with Crippen LogP contribution in [0.5, 0.6) is 0 Å². The standard InChI is InChI=1S/C58H42BN5.Pt/c1-58(2,3)40-37-55(63-52-34-18-15-30-48(52)49-31-16-19-35-53(49)63)60-56(38-40)64(42-23-8-5-9-24-42)59-51-33-17-14-29-47(51)45-27-12-10-25-43(45)44-26-11-13-28-46(44)50-32-20-36-54-57(50)62(59)39-61(54)41-21-6-4-7-22-41;/h4-21,23-34,36-38H,1-3H3;/q-2;. The van der Waals surface area contributed by atoms with E-state index in [0.29, 0.717) is 0 Å². The molecular formula is C58H42BN5Pt-2. The first-order valence-electron chi connectivity index (χ1n) is 21.9. The van der Waals surface area contributed by atoms with Crippen LogP contribution in [0.4, 0.5) is 11.5 Å². The van der Waals surface area contributed by atoms with Crippen molar-refractivity contribution >= 4 is 56.8 Å². The van der Waals surface area contributed by atoms with Crippen molar-refractivity contribution in [3.63, 3.8) is 0 Å². The van der Waals surface area contributed by atoms with Gasteiger partial charge in [-0.15, -0.1) is 5.39 Å². The predicted molar refractivity (Wildman–Crippen MR) is 263 cm³/mol. The third-order valence-electron chi connectivity index (χ3n) is 12.8. The Morgan fingerprint density at radius 2 is 1.15 bits per heavy atom. The van der Waals surface area contributed by atoms with Crippen molar-refractivity contribution in [3.8, 4) is 44.9 Å². The average Bonchev–Trinajstić information content (AvgIpc) is 3.90. The van der Waals surface area contributed by atoms with Crippen LogP contribution in [0, 0.1) is 18.5 Å². The van der Waals surface area contributed by atoms with Crippen molar-refractivity contribution in [1.29, 1.82) is 0 Å². The number of benzene rings is 8. The topological polar surface area (TPSA) is 29.9 Å². The first-order chi connectivity index (χ1) is 31.4. The Balaban J connectivity index is 0.00000469. The van der Waals surface area contributed by atoms with Gasteiger partial charge < -0.3 is 18.4 Å². The van der Waals surface area contributed by atoms with Gasteiger partial charge in [0.15, 0.2) is 0 Å². The Hall–Kier alpha value is -7.27. The molecule has 1 aliphatic rings. The van der Waals surface area contributed by atoms with Crippen LogP contribution < -0.4 is 14.8 Å². The molecule has 7 heteroatoms. The molecule has 0 fully saturated rings. The Labute approximate surface area is 394 Å². The quantitative estimate of drug-likeness (QED) is 0.127. The molecular weight excluding hydrogens is 973 g/mol. The number of fused-ring (bicyclic) bond motifs is 9. The first kappa shape index (κ1) is 40.5. The van der Waals surface area contributed by atoms with Gasteiger partial charge in [0.1, 0.15) is 11.6 Å². The molecule has 1 aliphatic heterocycles. The van der Waals surface area contributed by atoms with E-state index in [9.17, 15) is 0 Å². The molecule has 0 atom stereocenters. The van der Waals surface area contributed by atoms with Crippen LogP contribution in [0.2, 0.25) is 0 Å². The summed E-state index contributed by atoms with van der Waals surface area (Å²) in [4.78, 5) is 8.23. The molecule has 0 unspecified atom stereocenters. The molecule has 0 N–H and O–H groups in total. The van der Waals surface area contributed by atoms with Crippen molar-refractivity contribution < 1.29 is 25.5 Å². The minimum atomic E-state index is -0.495. The molecule has 8 aromatic carbocycles. The molecule has 0 saturated carbocycles. The van der Waals surface area contributed by atoms with Gasteiger partial charge in [-0.3, -0.25) is 0 Å². The second-order valence-electron chi connectivity index (χ2n) is 17.6. The monoisotopic (exact) mass is 1010 g/mol. The fourth-order valence-electron chi connectivity index (χ4n) is 9.79. The molecule has 4 heterocycles. The first-order valence-corrected chi connectivity index (χ1v) is 21.9. The van der Waals surface area contributed by atoms with Gasteiger partial charge in [0.2, 0.25) is 6.33 Å². The smallest absolute Gasteiger partial charge is 0.354 e. The van der Waals surface area contributed by atoms with Crippen LogP contribution in [-0.4, -0.2) is 21.1 Å². The average molecular weight is 1010 g/mol. The number of anilines is 2. The molecule has 12 rings (SSSR count). The van der Waals surface area contributed by atoms with Crippen LogP contribution in [0.15, 0.2) is 200 Å². The van der Waals surface area contributed by atoms with Gasteiger partial charge in [-0.2, -0.15) is 54.6 Å². The number of hydrogen-bond acceptors (Lipinski definition) is 2. The minimum absolute atomic E-state index is 0. The molecule has 314 valence electrons. The van der Waals surface area contributed by atoms with Gasteiger partial charge in [0.05, 0.1) is 11.0 Å². The Kier molecular flexibility index (Phi) is 10.0. The van der Waals surface area contributed by atoms with Crippen LogP contribution in [0.1, 0.15) is 26.3 Å². The summed E-state index contributed by atoms with van der Waals surface area (Å²) < 4.78 is 6.82. The zero-order valence-electron chi connectivity index (χ0n) is 36.2. The maximum Gasteiger partial charge on any atom is 0.525 e. The Morgan fingerprint density at radius 3 is 1.89 bits per heavy atom. The van der Waals surface area contributed by atoms with Crippen molar-refractivity contribution in [1.82, 2.24) is 14.1 Å².